The molecule has 22 aromatic rings. The van der Waals surface area contributed by atoms with Crippen LogP contribution in [0.2, 0.25) is 0 Å². The maximum atomic E-state index is 6.27. The summed E-state index contributed by atoms with van der Waals surface area (Å²) in [7, 11) is 0. The van der Waals surface area contributed by atoms with E-state index in [2.05, 4.69) is 346 Å². The molecule has 0 saturated heterocycles. The molecule has 0 bridgehead atoms. The van der Waals surface area contributed by atoms with E-state index in [1.807, 2.05) is 23.5 Å². The Morgan fingerprint density at radius 2 is 0.622 bits per heavy atom. The predicted molar refractivity (Wildman–Crippen MR) is 416 cm³/mol. The van der Waals surface area contributed by atoms with E-state index in [0.29, 0.717) is 0 Å². The van der Waals surface area contributed by atoms with E-state index in [4.69, 9.17) is 4.42 Å². The van der Waals surface area contributed by atoms with E-state index < -0.39 is 0 Å². The molecule has 0 aliphatic rings. The van der Waals surface area contributed by atoms with Crippen LogP contribution in [0.1, 0.15) is 0 Å². The van der Waals surface area contributed by atoms with E-state index in [0.717, 1.165) is 44.6 Å². The number of hydrogen-bond donors (Lipinski definition) is 0. The molecule has 0 N–H and O–H groups in total. The summed E-state index contributed by atoms with van der Waals surface area (Å²) in [6, 6.07) is 124. The van der Waals surface area contributed by atoms with E-state index in [9.17, 15) is 0 Å². The highest BCUT2D eigenvalue weighted by Gasteiger charge is 2.24. The summed E-state index contributed by atoms with van der Waals surface area (Å²) in [6.45, 7) is 0. The summed E-state index contributed by atoms with van der Waals surface area (Å²) in [5.41, 5.74) is 20.9. The van der Waals surface area contributed by atoms with Gasteiger partial charge in [0.05, 0.1) is 44.1 Å². The summed E-state index contributed by atoms with van der Waals surface area (Å²) in [4.78, 5) is 0. The number of aromatic nitrogens is 4. The maximum absolute atomic E-state index is 6.27. The number of thiophene rings is 1. The van der Waals surface area contributed by atoms with Crippen molar-refractivity contribution in [2.24, 2.45) is 0 Å². The molecule has 0 saturated carbocycles. The Kier molecular flexibility index (Phi) is 11.9. The maximum Gasteiger partial charge on any atom is 0.136 e. The number of benzene rings is 16. The van der Waals surface area contributed by atoms with Crippen molar-refractivity contribution in [3.05, 3.63) is 340 Å². The van der Waals surface area contributed by atoms with Crippen LogP contribution in [-0.4, -0.2) is 18.3 Å². The molecule has 6 aromatic heterocycles. The average molecular weight is 1270 g/mol. The number of nitrogens with zero attached hydrogens (tertiary/aromatic N) is 4. The lowest BCUT2D eigenvalue weighted by molar-refractivity contribution is 0.669. The van der Waals surface area contributed by atoms with Gasteiger partial charge in [-0.25, -0.2) is 0 Å². The molecule has 456 valence electrons. The first kappa shape index (κ1) is 54.6. The molecule has 0 spiro atoms. The fourth-order valence-electron chi connectivity index (χ4n) is 16.4. The number of furan rings is 1. The molecule has 0 atom stereocenters. The van der Waals surface area contributed by atoms with Crippen LogP contribution in [0.5, 0.6) is 0 Å². The normalized spacial score (nSPS) is 12.1. The van der Waals surface area contributed by atoms with Crippen molar-refractivity contribution in [2.45, 2.75) is 0 Å². The molecule has 5 nitrogen and oxygen atoms in total. The predicted octanol–water partition coefficient (Wildman–Crippen LogP) is 25.7. The van der Waals surface area contributed by atoms with Crippen LogP contribution >= 0.6 is 11.3 Å². The number of hydrogen-bond acceptors (Lipinski definition) is 2. The zero-order valence-electron chi connectivity index (χ0n) is 52.9. The number of para-hydroxylation sites is 5. The second-order valence-corrected chi connectivity index (χ2v) is 26.9. The van der Waals surface area contributed by atoms with Crippen molar-refractivity contribution in [3.8, 4) is 45.0 Å². The van der Waals surface area contributed by atoms with Gasteiger partial charge in [-0.2, -0.15) is 0 Å². The minimum atomic E-state index is 0.907. The molecule has 6 heterocycles. The summed E-state index contributed by atoms with van der Waals surface area (Å²) in [5, 5.41) is 20.0. The second kappa shape index (κ2) is 21.4. The third kappa shape index (κ3) is 8.13. The van der Waals surface area contributed by atoms with Gasteiger partial charge in [0.2, 0.25) is 0 Å². The first-order valence-corrected chi connectivity index (χ1v) is 34.4. The lowest BCUT2D eigenvalue weighted by atomic mass is 9.99. The minimum Gasteiger partial charge on any atom is -0.456 e. The van der Waals surface area contributed by atoms with Crippen molar-refractivity contribution >= 4 is 162 Å². The number of fused-ring (bicyclic) bond motifs is 22. The fourth-order valence-corrected chi connectivity index (χ4v) is 17.5. The summed E-state index contributed by atoms with van der Waals surface area (Å²) in [5.74, 6) is 0. The third-order valence-corrected chi connectivity index (χ3v) is 21.7. The van der Waals surface area contributed by atoms with Gasteiger partial charge in [-0.15, -0.1) is 11.3 Å². The molecule has 6 heteroatoms. The zero-order valence-corrected chi connectivity index (χ0v) is 53.8. The molecule has 0 aliphatic heterocycles. The van der Waals surface area contributed by atoms with E-state index in [1.165, 1.54) is 151 Å². The highest BCUT2D eigenvalue weighted by molar-refractivity contribution is 7.26. The van der Waals surface area contributed by atoms with Crippen LogP contribution in [0, 0.1) is 0 Å². The zero-order chi connectivity index (χ0) is 64.1. The Labute approximate surface area is 565 Å². The van der Waals surface area contributed by atoms with Crippen LogP contribution in [0.15, 0.2) is 344 Å². The quantitative estimate of drug-likeness (QED) is 0.163. The molecule has 16 aromatic carbocycles. The molecule has 0 amide bonds. The molecule has 0 fully saturated rings. The van der Waals surface area contributed by atoms with E-state index >= 15 is 0 Å². The summed E-state index contributed by atoms with van der Waals surface area (Å²) < 4.78 is 18.7. The Bertz CT molecular complexity index is 6630. The second-order valence-electron chi connectivity index (χ2n) is 25.8. The monoisotopic (exact) mass is 1260 g/mol. The molecule has 0 radical (unpaired) electrons. The van der Waals surface area contributed by atoms with Crippen molar-refractivity contribution < 1.29 is 4.42 Å². The smallest absolute Gasteiger partial charge is 0.136 e. The van der Waals surface area contributed by atoms with Crippen LogP contribution in [0.4, 0.5) is 0 Å². The van der Waals surface area contributed by atoms with Gasteiger partial charge in [0.15, 0.2) is 0 Å². The van der Waals surface area contributed by atoms with Crippen molar-refractivity contribution in [1.82, 2.24) is 18.3 Å². The largest absolute Gasteiger partial charge is 0.456 e. The fraction of sp³-hybridized carbons (Fsp3) is 0. The molecule has 22 rings (SSSR count). The minimum absolute atomic E-state index is 0.907. The van der Waals surface area contributed by atoms with Gasteiger partial charge in [0, 0.05) is 108 Å². The molecular formula is C92H56N4OS. The Hall–Kier alpha value is -12.7. The Balaban J connectivity index is 0.000000129. The Morgan fingerprint density at radius 1 is 0.214 bits per heavy atom. The van der Waals surface area contributed by atoms with Gasteiger partial charge >= 0.3 is 0 Å². The third-order valence-electron chi connectivity index (χ3n) is 20.6. The summed E-state index contributed by atoms with van der Waals surface area (Å²) in [6.07, 6.45) is 0. The van der Waals surface area contributed by atoms with Gasteiger partial charge in [-0.05, 0) is 142 Å². The van der Waals surface area contributed by atoms with Crippen LogP contribution in [0.25, 0.3) is 196 Å². The number of rotatable bonds is 6. The molecule has 0 unspecified atom stereocenters. The van der Waals surface area contributed by atoms with Crippen LogP contribution in [-0.2, 0) is 0 Å². The van der Waals surface area contributed by atoms with Crippen molar-refractivity contribution in [3.63, 3.8) is 0 Å². The van der Waals surface area contributed by atoms with Gasteiger partial charge < -0.3 is 22.7 Å². The van der Waals surface area contributed by atoms with Gasteiger partial charge in [-0.1, -0.05) is 231 Å². The summed E-state index contributed by atoms with van der Waals surface area (Å²) >= 11 is 1.87. The molecular weight excluding hydrogens is 1210 g/mol. The standard InChI is InChI=1S/C46H28N2O.C46H28N2S/c2*1-2-14-31(15-3-1)48-42-28-41-38(27-39(42)36-25-24-29-12-4-5-17-34(29)46(36)48)35-18-6-8-21-40(35)47(41)32-16-10-13-30(26-32)33-20-11-23-44-45(33)37-19-7-9-22-43(37)49-44/h2*1-28H. The van der Waals surface area contributed by atoms with Gasteiger partial charge in [0.25, 0.3) is 0 Å². The average Bonchev–Trinajstić information content (AvgIpc) is 1.55. The topological polar surface area (TPSA) is 32.9 Å². The van der Waals surface area contributed by atoms with Crippen molar-refractivity contribution in [1.29, 1.82) is 0 Å². The highest BCUT2D eigenvalue weighted by atomic mass is 32.1. The van der Waals surface area contributed by atoms with E-state index in [1.54, 1.807) is 0 Å². The highest BCUT2D eigenvalue weighted by Crippen LogP contribution is 2.47. The van der Waals surface area contributed by atoms with Crippen LogP contribution < -0.4 is 0 Å². The van der Waals surface area contributed by atoms with E-state index in [-0.39, 0.29) is 0 Å². The SMILES string of the molecule is c1ccc(-n2c3cc4c(cc3c3ccc5ccccc5c32)c2ccccc2n4-c2cccc(-c3cccc4oc5ccccc5c34)c2)cc1.c1ccc(-n2c3cc4c(cc3c3ccc5ccccc5c32)c2ccccc2n4-c2cccc(-c3cccc4sc5ccccc5c34)c2)cc1. The first-order valence-electron chi connectivity index (χ1n) is 33.5. The van der Waals surface area contributed by atoms with Crippen molar-refractivity contribution in [2.75, 3.05) is 0 Å². The lowest BCUT2D eigenvalue weighted by Crippen LogP contribution is -1.96. The lowest BCUT2D eigenvalue weighted by Gasteiger charge is -2.12. The first-order chi connectivity index (χ1) is 48.6. The van der Waals surface area contributed by atoms with Gasteiger partial charge in [-0.3, -0.25) is 0 Å². The Morgan fingerprint density at radius 3 is 1.19 bits per heavy atom. The molecule has 0 aliphatic carbocycles. The van der Waals surface area contributed by atoms with Gasteiger partial charge in [0.1, 0.15) is 11.2 Å². The molecule has 98 heavy (non-hydrogen) atoms. The van der Waals surface area contributed by atoms with Crippen LogP contribution in [0.3, 0.4) is 0 Å².